The minimum atomic E-state index is -3.53. The summed E-state index contributed by atoms with van der Waals surface area (Å²) in [6.07, 6.45) is 4.01. The fourth-order valence-electron chi connectivity index (χ4n) is 1.64. The molecule has 0 saturated carbocycles. The van der Waals surface area contributed by atoms with Gasteiger partial charge in [0, 0.05) is 27.9 Å². The monoisotopic (exact) mass is 418 g/mol. The molecule has 20 heavy (non-hydrogen) atoms. The van der Waals surface area contributed by atoms with E-state index in [2.05, 4.69) is 41.6 Å². The van der Waals surface area contributed by atoms with Crippen LogP contribution in [0.4, 0.5) is 0 Å². The van der Waals surface area contributed by atoms with Crippen LogP contribution in [0.15, 0.2) is 56.6 Å². The number of nitrogens with one attached hydrogen (secondary N) is 1. The van der Waals surface area contributed by atoms with Crippen molar-refractivity contribution in [2.45, 2.75) is 11.3 Å². The van der Waals surface area contributed by atoms with Crippen LogP contribution in [0.3, 0.4) is 0 Å². The molecule has 0 aliphatic heterocycles. The molecule has 1 aromatic heterocycles. The van der Waals surface area contributed by atoms with Crippen molar-refractivity contribution in [3.8, 4) is 0 Å². The Morgan fingerprint density at radius 2 is 2.00 bits per heavy atom. The normalized spacial score (nSPS) is 11.5. The molecule has 0 fully saturated rings. The first-order chi connectivity index (χ1) is 9.49. The van der Waals surface area contributed by atoms with Crippen LogP contribution >= 0.6 is 31.9 Å². The van der Waals surface area contributed by atoms with Gasteiger partial charge in [0.25, 0.3) is 0 Å². The minimum Gasteiger partial charge on any atom is -0.264 e. The van der Waals surface area contributed by atoms with Crippen LogP contribution in [0.1, 0.15) is 5.56 Å². The first kappa shape index (κ1) is 15.6. The zero-order valence-electron chi connectivity index (χ0n) is 10.4. The van der Waals surface area contributed by atoms with Crippen molar-refractivity contribution in [1.29, 1.82) is 0 Å². The van der Waals surface area contributed by atoms with Crippen LogP contribution in [0.25, 0.3) is 0 Å². The summed E-state index contributed by atoms with van der Waals surface area (Å²) < 4.78 is 28.3. The molecule has 0 aliphatic carbocycles. The maximum Gasteiger partial charge on any atom is 0.241 e. The second kappa shape index (κ2) is 6.80. The third-order valence-corrected chi connectivity index (χ3v) is 5.56. The Balaban J connectivity index is 2.06. The van der Waals surface area contributed by atoms with Gasteiger partial charge in [0.05, 0.1) is 4.90 Å². The summed E-state index contributed by atoms with van der Waals surface area (Å²) in [5, 5.41) is 0. The van der Waals surface area contributed by atoms with Crippen molar-refractivity contribution >= 4 is 41.9 Å². The Morgan fingerprint density at radius 3 is 2.70 bits per heavy atom. The lowest BCUT2D eigenvalue weighted by molar-refractivity contribution is 0.581. The summed E-state index contributed by atoms with van der Waals surface area (Å²) in [6.45, 7) is 0.326. The van der Waals surface area contributed by atoms with Crippen LogP contribution in [-0.2, 0) is 16.4 Å². The zero-order valence-corrected chi connectivity index (χ0v) is 14.4. The van der Waals surface area contributed by atoms with Gasteiger partial charge in [-0.25, -0.2) is 13.1 Å². The predicted octanol–water partition coefficient (Wildman–Crippen LogP) is 3.13. The van der Waals surface area contributed by atoms with E-state index in [9.17, 15) is 8.42 Å². The second-order valence-electron chi connectivity index (χ2n) is 4.08. The van der Waals surface area contributed by atoms with Crippen molar-refractivity contribution in [2.24, 2.45) is 0 Å². The van der Waals surface area contributed by atoms with Crippen molar-refractivity contribution in [1.82, 2.24) is 9.71 Å². The Labute approximate surface area is 134 Å². The Bertz CT molecular complexity index is 691. The second-order valence-corrected chi connectivity index (χ2v) is 7.59. The van der Waals surface area contributed by atoms with Crippen LogP contribution < -0.4 is 4.72 Å². The van der Waals surface area contributed by atoms with Crippen LogP contribution in [0.2, 0.25) is 0 Å². The van der Waals surface area contributed by atoms with E-state index in [0.29, 0.717) is 21.9 Å². The molecule has 0 atom stereocenters. The van der Waals surface area contributed by atoms with Gasteiger partial charge in [-0.3, -0.25) is 4.98 Å². The van der Waals surface area contributed by atoms with Gasteiger partial charge in [-0.2, -0.15) is 0 Å². The highest BCUT2D eigenvalue weighted by Gasteiger charge is 2.17. The number of nitrogens with zero attached hydrogens (tertiary/aromatic N) is 1. The standard InChI is InChI=1S/C13H12Br2N2O2S/c14-11-3-4-12(15)13(8-11)20(18,19)17-7-5-10-2-1-6-16-9-10/h1-4,6,8-9,17H,5,7H2. The Kier molecular flexibility index (Phi) is 5.31. The molecule has 106 valence electrons. The summed E-state index contributed by atoms with van der Waals surface area (Å²) in [5.41, 5.74) is 0.989. The molecule has 7 heteroatoms. The molecule has 2 rings (SSSR count). The quantitative estimate of drug-likeness (QED) is 0.809. The van der Waals surface area contributed by atoms with E-state index in [0.717, 1.165) is 5.56 Å². The number of hydrogen-bond donors (Lipinski definition) is 1. The lowest BCUT2D eigenvalue weighted by Crippen LogP contribution is -2.26. The van der Waals surface area contributed by atoms with Crippen molar-refractivity contribution in [2.75, 3.05) is 6.54 Å². The van der Waals surface area contributed by atoms with Gasteiger partial charge >= 0.3 is 0 Å². The number of benzene rings is 1. The van der Waals surface area contributed by atoms with Crippen molar-refractivity contribution in [3.05, 3.63) is 57.2 Å². The molecule has 0 bridgehead atoms. The smallest absolute Gasteiger partial charge is 0.241 e. The summed E-state index contributed by atoms with van der Waals surface area (Å²) in [5.74, 6) is 0. The molecule has 1 aromatic carbocycles. The minimum absolute atomic E-state index is 0.220. The van der Waals surface area contributed by atoms with Gasteiger partial charge in [-0.15, -0.1) is 0 Å². The maximum absolute atomic E-state index is 12.2. The fourth-order valence-corrected chi connectivity index (χ4v) is 4.17. The summed E-state index contributed by atoms with van der Waals surface area (Å²) in [4.78, 5) is 4.21. The fraction of sp³-hybridized carbons (Fsp3) is 0.154. The van der Waals surface area contributed by atoms with Gasteiger partial charge in [0.1, 0.15) is 0 Å². The Morgan fingerprint density at radius 1 is 1.20 bits per heavy atom. The number of aromatic nitrogens is 1. The number of pyridine rings is 1. The molecule has 0 unspecified atom stereocenters. The Hall–Kier alpha value is -0.760. The van der Waals surface area contributed by atoms with Gasteiger partial charge in [-0.1, -0.05) is 22.0 Å². The molecule has 0 amide bonds. The average Bonchev–Trinajstić information content (AvgIpc) is 2.42. The topological polar surface area (TPSA) is 59.1 Å². The van der Waals surface area contributed by atoms with Crippen LogP contribution in [0, 0.1) is 0 Å². The molecule has 2 aromatic rings. The van der Waals surface area contributed by atoms with Gasteiger partial charge in [-0.05, 0) is 52.2 Å². The third kappa shape index (κ3) is 4.12. The number of rotatable bonds is 5. The van der Waals surface area contributed by atoms with E-state index in [1.807, 2.05) is 12.1 Å². The first-order valence-electron chi connectivity index (χ1n) is 5.83. The van der Waals surface area contributed by atoms with Gasteiger partial charge in [0.15, 0.2) is 0 Å². The molecule has 1 N–H and O–H groups in total. The lowest BCUT2D eigenvalue weighted by Gasteiger charge is -2.09. The number of sulfonamides is 1. The van der Waals surface area contributed by atoms with Crippen LogP contribution in [-0.4, -0.2) is 19.9 Å². The van der Waals surface area contributed by atoms with E-state index < -0.39 is 10.0 Å². The number of hydrogen-bond acceptors (Lipinski definition) is 3. The highest BCUT2D eigenvalue weighted by molar-refractivity contribution is 9.11. The van der Waals surface area contributed by atoms with Crippen LogP contribution in [0.5, 0.6) is 0 Å². The van der Waals surface area contributed by atoms with Crippen molar-refractivity contribution < 1.29 is 8.42 Å². The highest BCUT2D eigenvalue weighted by Crippen LogP contribution is 2.25. The predicted molar refractivity (Wildman–Crippen MR) is 85.0 cm³/mol. The van der Waals surface area contributed by atoms with E-state index >= 15 is 0 Å². The maximum atomic E-state index is 12.2. The number of halogens is 2. The molecule has 0 saturated heterocycles. The molecule has 0 aliphatic rings. The lowest BCUT2D eigenvalue weighted by atomic mass is 10.2. The summed E-state index contributed by atoms with van der Waals surface area (Å²) in [6, 6.07) is 8.78. The third-order valence-electron chi connectivity index (χ3n) is 2.61. The molecule has 0 spiro atoms. The molecular formula is C13H12Br2N2O2S. The highest BCUT2D eigenvalue weighted by atomic mass is 79.9. The summed E-state index contributed by atoms with van der Waals surface area (Å²) >= 11 is 6.53. The van der Waals surface area contributed by atoms with Crippen molar-refractivity contribution in [3.63, 3.8) is 0 Å². The summed E-state index contributed by atoms with van der Waals surface area (Å²) in [7, 11) is -3.53. The molecule has 0 radical (unpaired) electrons. The van der Waals surface area contributed by atoms with E-state index in [1.54, 1.807) is 30.6 Å². The van der Waals surface area contributed by atoms with E-state index in [-0.39, 0.29) is 4.90 Å². The zero-order chi connectivity index (χ0) is 14.6. The molecule has 1 heterocycles. The average molecular weight is 420 g/mol. The largest absolute Gasteiger partial charge is 0.264 e. The van der Waals surface area contributed by atoms with Gasteiger partial charge in [0.2, 0.25) is 10.0 Å². The molecular weight excluding hydrogens is 408 g/mol. The SMILES string of the molecule is O=S(=O)(NCCc1cccnc1)c1cc(Br)ccc1Br. The van der Waals surface area contributed by atoms with Gasteiger partial charge < -0.3 is 0 Å². The first-order valence-corrected chi connectivity index (χ1v) is 8.89. The van der Waals surface area contributed by atoms with E-state index in [1.165, 1.54) is 0 Å². The van der Waals surface area contributed by atoms with E-state index in [4.69, 9.17) is 0 Å². The molecule has 4 nitrogen and oxygen atoms in total.